The van der Waals surface area contributed by atoms with Gasteiger partial charge < -0.3 is 14.8 Å². The number of rotatable bonds is 5. The molecule has 0 unspecified atom stereocenters. The fraction of sp³-hybridized carbons (Fsp3) is 0.211. The van der Waals surface area contributed by atoms with Crippen molar-refractivity contribution in [3.63, 3.8) is 0 Å². The molecule has 2 heterocycles. The monoisotopic (exact) mass is 373 g/mol. The summed E-state index contributed by atoms with van der Waals surface area (Å²) < 4.78 is 10.3. The third kappa shape index (κ3) is 4.03. The largest absolute Gasteiger partial charge is 0.497 e. The van der Waals surface area contributed by atoms with Crippen LogP contribution < -0.4 is 10.1 Å². The standard InChI is InChI=1S/C19H19N3O3.ClH/c1-4-25-19(23)16-11-20-18-15(10-5-12(2)21-18)17(16)22-13-6-8-14(24-3)9-7-13;/h5-11H,4H2,1-3H3,(H,20,21,22);1H. The summed E-state index contributed by atoms with van der Waals surface area (Å²) in [7, 11) is 1.62. The normalized spacial score (nSPS) is 10.1. The van der Waals surface area contributed by atoms with Gasteiger partial charge in [-0.15, -0.1) is 12.4 Å². The van der Waals surface area contributed by atoms with Gasteiger partial charge in [0.15, 0.2) is 5.65 Å². The SMILES string of the molecule is CCOC(=O)c1cnc2nc(C)ccc2c1Nc1ccc(OC)cc1.Cl. The third-order valence-corrected chi connectivity index (χ3v) is 3.72. The van der Waals surface area contributed by atoms with E-state index >= 15 is 0 Å². The minimum Gasteiger partial charge on any atom is -0.497 e. The summed E-state index contributed by atoms with van der Waals surface area (Å²) in [5.41, 5.74) is 3.25. The van der Waals surface area contributed by atoms with Gasteiger partial charge in [-0.05, 0) is 50.2 Å². The quantitative estimate of drug-likeness (QED) is 0.672. The van der Waals surface area contributed by atoms with Crippen LogP contribution in [-0.4, -0.2) is 29.7 Å². The van der Waals surface area contributed by atoms with Gasteiger partial charge in [0.1, 0.15) is 11.3 Å². The molecule has 0 aliphatic rings. The number of carbonyl (C=O) groups is 1. The van der Waals surface area contributed by atoms with E-state index in [1.807, 2.05) is 43.3 Å². The predicted molar refractivity (Wildman–Crippen MR) is 104 cm³/mol. The molecule has 1 aromatic carbocycles. The van der Waals surface area contributed by atoms with Gasteiger partial charge in [-0.3, -0.25) is 0 Å². The molecule has 0 fully saturated rings. The van der Waals surface area contributed by atoms with E-state index in [1.165, 1.54) is 6.20 Å². The minimum absolute atomic E-state index is 0. The lowest BCUT2D eigenvalue weighted by molar-refractivity contribution is 0.0527. The number of aromatic nitrogens is 2. The number of fused-ring (bicyclic) bond motifs is 1. The summed E-state index contributed by atoms with van der Waals surface area (Å²) in [6, 6.07) is 11.2. The Bertz CT molecular complexity index is 914. The molecule has 0 aliphatic heterocycles. The van der Waals surface area contributed by atoms with E-state index in [4.69, 9.17) is 9.47 Å². The van der Waals surface area contributed by atoms with Gasteiger partial charge in [-0.1, -0.05) is 0 Å². The number of carbonyl (C=O) groups excluding carboxylic acids is 1. The first-order valence-electron chi connectivity index (χ1n) is 7.97. The highest BCUT2D eigenvalue weighted by atomic mass is 35.5. The van der Waals surface area contributed by atoms with Crippen molar-refractivity contribution in [3.05, 3.63) is 53.9 Å². The lowest BCUT2D eigenvalue weighted by atomic mass is 10.1. The lowest BCUT2D eigenvalue weighted by Gasteiger charge is -2.14. The van der Waals surface area contributed by atoms with Gasteiger partial charge in [-0.2, -0.15) is 0 Å². The third-order valence-electron chi connectivity index (χ3n) is 3.72. The predicted octanol–water partition coefficient (Wildman–Crippen LogP) is 4.29. The number of pyridine rings is 2. The van der Waals surface area contributed by atoms with Crippen LogP contribution in [0.5, 0.6) is 5.75 Å². The summed E-state index contributed by atoms with van der Waals surface area (Å²) in [4.78, 5) is 21.1. The van der Waals surface area contributed by atoms with Gasteiger partial charge in [0, 0.05) is 23.0 Å². The number of benzene rings is 1. The molecular formula is C19H20ClN3O3. The van der Waals surface area contributed by atoms with Gasteiger partial charge in [0.25, 0.3) is 0 Å². The zero-order chi connectivity index (χ0) is 17.8. The second-order valence-corrected chi connectivity index (χ2v) is 5.44. The molecule has 1 N–H and O–H groups in total. The van der Waals surface area contributed by atoms with Crippen LogP contribution >= 0.6 is 12.4 Å². The Labute approximate surface area is 158 Å². The second-order valence-electron chi connectivity index (χ2n) is 5.44. The first-order chi connectivity index (χ1) is 12.1. The highest BCUT2D eigenvalue weighted by Crippen LogP contribution is 2.29. The molecule has 136 valence electrons. The smallest absolute Gasteiger partial charge is 0.341 e. The molecule has 7 heteroatoms. The van der Waals surface area contributed by atoms with Crippen molar-refractivity contribution in [3.8, 4) is 5.75 Å². The van der Waals surface area contributed by atoms with Crippen LogP contribution in [-0.2, 0) is 4.74 Å². The van der Waals surface area contributed by atoms with Crippen molar-refractivity contribution in [2.45, 2.75) is 13.8 Å². The van der Waals surface area contributed by atoms with Gasteiger partial charge in [0.05, 0.1) is 19.4 Å². The Morgan fingerprint density at radius 3 is 2.54 bits per heavy atom. The molecule has 6 nitrogen and oxygen atoms in total. The molecule has 0 saturated carbocycles. The fourth-order valence-electron chi connectivity index (χ4n) is 2.49. The van der Waals surface area contributed by atoms with Crippen molar-refractivity contribution < 1.29 is 14.3 Å². The molecule has 0 radical (unpaired) electrons. The summed E-state index contributed by atoms with van der Waals surface area (Å²) in [6.07, 6.45) is 1.50. The van der Waals surface area contributed by atoms with Crippen LogP contribution in [0.15, 0.2) is 42.6 Å². The number of aryl methyl sites for hydroxylation is 1. The zero-order valence-electron chi connectivity index (χ0n) is 14.8. The van der Waals surface area contributed by atoms with E-state index in [0.717, 1.165) is 22.5 Å². The molecule has 0 atom stereocenters. The Kier molecular flexibility index (Phi) is 6.36. The first-order valence-corrected chi connectivity index (χ1v) is 7.97. The Hall–Kier alpha value is -2.86. The van der Waals surface area contributed by atoms with E-state index in [0.29, 0.717) is 23.5 Å². The molecule has 0 bridgehead atoms. The first kappa shape index (κ1) is 19.5. The molecule has 3 aromatic rings. The maximum Gasteiger partial charge on any atom is 0.341 e. The maximum absolute atomic E-state index is 12.3. The van der Waals surface area contributed by atoms with E-state index in [-0.39, 0.29) is 12.4 Å². The zero-order valence-corrected chi connectivity index (χ0v) is 15.6. The van der Waals surface area contributed by atoms with Crippen LogP contribution in [0.25, 0.3) is 11.0 Å². The number of nitrogens with one attached hydrogen (secondary N) is 1. The van der Waals surface area contributed by atoms with Gasteiger partial charge in [-0.25, -0.2) is 14.8 Å². The molecule has 0 spiro atoms. The molecule has 2 aromatic heterocycles. The van der Waals surface area contributed by atoms with Gasteiger partial charge >= 0.3 is 5.97 Å². The number of anilines is 2. The average molecular weight is 374 g/mol. The number of hydrogen-bond acceptors (Lipinski definition) is 6. The molecule has 26 heavy (non-hydrogen) atoms. The van der Waals surface area contributed by atoms with Crippen molar-refractivity contribution in [2.24, 2.45) is 0 Å². The highest BCUT2D eigenvalue weighted by Gasteiger charge is 2.17. The van der Waals surface area contributed by atoms with Crippen LogP contribution in [0.4, 0.5) is 11.4 Å². The van der Waals surface area contributed by atoms with E-state index in [9.17, 15) is 4.79 Å². The molecule has 0 amide bonds. The summed E-state index contributed by atoms with van der Waals surface area (Å²) in [6.45, 7) is 3.97. The highest BCUT2D eigenvalue weighted by molar-refractivity contribution is 6.05. The van der Waals surface area contributed by atoms with E-state index in [1.54, 1.807) is 14.0 Å². The number of nitrogens with zero attached hydrogens (tertiary/aromatic N) is 2. The van der Waals surface area contributed by atoms with E-state index < -0.39 is 5.97 Å². The Morgan fingerprint density at radius 2 is 1.88 bits per heavy atom. The minimum atomic E-state index is -0.423. The lowest BCUT2D eigenvalue weighted by Crippen LogP contribution is -2.09. The van der Waals surface area contributed by atoms with Crippen molar-refractivity contribution in [1.29, 1.82) is 0 Å². The number of ether oxygens (including phenoxy) is 2. The number of esters is 1. The summed E-state index contributed by atoms with van der Waals surface area (Å²) >= 11 is 0. The number of halogens is 1. The molecule has 0 saturated heterocycles. The van der Waals surface area contributed by atoms with E-state index in [2.05, 4.69) is 15.3 Å². The van der Waals surface area contributed by atoms with Crippen molar-refractivity contribution in [1.82, 2.24) is 9.97 Å². The molecular weight excluding hydrogens is 354 g/mol. The van der Waals surface area contributed by atoms with Gasteiger partial charge in [0.2, 0.25) is 0 Å². The van der Waals surface area contributed by atoms with Crippen molar-refractivity contribution >= 4 is 40.8 Å². The molecule has 0 aliphatic carbocycles. The van der Waals surface area contributed by atoms with Crippen molar-refractivity contribution in [2.75, 3.05) is 19.0 Å². The van der Waals surface area contributed by atoms with Crippen LogP contribution in [0, 0.1) is 6.92 Å². The summed E-state index contributed by atoms with van der Waals surface area (Å²) in [5.74, 6) is 0.335. The number of hydrogen-bond donors (Lipinski definition) is 1. The maximum atomic E-state index is 12.3. The number of methoxy groups -OCH3 is 1. The topological polar surface area (TPSA) is 73.3 Å². The Balaban J connectivity index is 0.00000243. The average Bonchev–Trinajstić information content (AvgIpc) is 2.62. The van der Waals surface area contributed by atoms with Crippen LogP contribution in [0.3, 0.4) is 0 Å². The fourth-order valence-corrected chi connectivity index (χ4v) is 2.49. The van der Waals surface area contributed by atoms with Crippen LogP contribution in [0.2, 0.25) is 0 Å². The second kappa shape index (κ2) is 8.49. The summed E-state index contributed by atoms with van der Waals surface area (Å²) in [5, 5.41) is 4.05. The Morgan fingerprint density at radius 1 is 1.15 bits per heavy atom. The van der Waals surface area contributed by atoms with Crippen LogP contribution in [0.1, 0.15) is 23.0 Å². The molecule has 3 rings (SSSR count).